The second-order valence-electron chi connectivity index (χ2n) is 9.05. The maximum atomic E-state index is 13.2. The normalized spacial score (nSPS) is 23.9. The highest BCUT2D eigenvalue weighted by atomic mass is 16.6. The Morgan fingerprint density at radius 1 is 1.19 bits per heavy atom. The topological polar surface area (TPSA) is 128 Å². The van der Waals surface area contributed by atoms with Crippen molar-refractivity contribution < 1.29 is 29.0 Å². The molecule has 4 rings (SSSR count). The first-order valence-electron chi connectivity index (χ1n) is 10.3. The third-order valence-electron chi connectivity index (χ3n) is 5.54. The van der Waals surface area contributed by atoms with Crippen molar-refractivity contribution in [2.24, 2.45) is 0 Å². The van der Waals surface area contributed by atoms with Crippen LogP contribution in [0.3, 0.4) is 0 Å². The maximum Gasteiger partial charge on any atom is 0.407 e. The van der Waals surface area contributed by atoms with Crippen LogP contribution in [0.15, 0.2) is 18.2 Å². The van der Waals surface area contributed by atoms with Crippen LogP contribution in [0.5, 0.6) is 0 Å². The first-order chi connectivity index (χ1) is 14.5. The number of nitrogens with zero attached hydrogens (tertiary/aromatic N) is 2. The number of aliphatic hydroxyl groups is 1. The Morgan fingerprint density at radius 3 is 2.55 bits per heavy atom. The second kappa shape index (κ2) is 7.52. The van der Waals surface area contributed by atoms with E-state index in [0.29, 0.717) is 18.8 Å². The predicted molar refractivity (Wildman–Crippen MR) is 109 cm³/mol. The van der Waals surface area contributed by atoms with Crippen LogP contribution in [-0.2, 0) is 9.53 Å². The van der Waals surface area contributed by atoms with Crippen LogP contribution in [0.2, 0.25) is 0 Å². The number of hydrogen-bond donors (Lipinski definition) is 3. The second-order valence-corrected chi connectivity index (χ2v) is 9.05. The molecule has 3 aliphatic rings. The van der Waals surface area contributed by atoms with Gasteiger partial charge in [0.1, 0.15) is 11.8 Å². The monoisotopic (exact) mass is 430 g/mol. The minimum absolute atomic E-state index is 0.131. The van der Waals surface area contributed by atoms with E-state index in [0.717, 1.165) is 4.90 Å². The van der Waals surface area contributed by atoms with E-state index in [9.17, 15) is 24.3 Å². The summed E-state index contributed by atoms with van der Waals surface area (Å²) >= 11 is 0. The van der Waals surface area contributed by atoms with E-state index in [2.05, 4.69) is 10.6 Å². The minimum atomic E-state index is -1.29. The van der Waals surface area contributed by atoms with Crippen LogP contribution < -0.4 is 15.5 Å². The van der Waals surface area contributed by atoms with Gasteiger partial charge in [0, 0.05) is 19.5 Å². The minimum Gasteiger partial charge on any atom is -0.444 e. The van der Waals surface area contributed by atoms with Gasteiger partial charge in [-0.3, -0.25) is 19.3 Å². The number of rotatable bonds is 3. The molecule has 3 aliphatic heterocycles. The lowest BCUT2D eigenvalue weighted by atomic mass is 10.0. The SMILES string of the molecule is CC(C)(C)OC(=O)NC1CN(c2cccc3c2C(=O)N(C2CCC(=O)NC2O)C3=O)C1. The number of anilines is 1. The number of ether oxygens (including phenoxy) is 1. The Balaban J connectivity index is 1.48. The van der Waals surface area contributed by atoms with Gasteiger partial charge in [-0.05, 0) is 39.3 Å². The zero-order valence-corrected chi connectivity index (χ0v) is 17.7. The fraction of sp³-hybridized carbons (Fsp3) is 0.524. The summed E-state index contributed by atoms with van der Waals surface area (Å²) in [6, 6.07) is 4.11. The highest BCUT2D eigenvalue weighted by Crippen LogP contribution is 2.36. The smallest absolute Gasteiger partial charge is 0.407 e. The number of fused-ring (bicyclic) bond motifs is 1. The van der Waals surface area contributed by atoms with Crippen molar-refractivity contribution in [3.63, 3.8) is 0 Å². The van der Waals surface area contributed by atoms with E-state index in [1.54, 1.807) is 39.0 Å². The van der Waals surface area contributed by atoms with Crippen molar-refractivity contribution in [3.05, 3.63) is 29.3 Å². The van der Waals surface area contributed by atoms with Gasteiger partial charge in [-0.25, -0.2) is 4.79 Å². The molecule has 0 saturated carbocycles. The molecule has 2 unspecified atom stereocenters. The Bertz CT molecular complexity index is 950. The molecule has 2 saturated heterocycles. The number of nitrogens with one attached hydrogen (secondary N) is 2. The number of aliphatic hydroxyl groups excluding tert-OH is 1. The molecular weight excluding hydrogens is 404 g/mol. The van der Waals surface area contributed by atoms with Crippen LogP contribution in [0.4, 0.5) is 10.5 Å². The fourth-order valence-corrected chi connectivity index (χ4v) is 4.13. The molecule has 3 N–H and O–H groups in total. The van der Waals surface area contributed by atoms with Crippen molar-refractivity contribution >= 4 is 29.5 Å². The molecule has 166 valence electrons. The Hall–Kier alpha value is -3.14. The van der Waals surface area contributed by atoms with Gasteiger partial charge in [-0.1, -0.05) is 6.07 Å². The van der Waals surface area contributed by atoms with Gasteiger partial charge < -0.3 is 25.4 Å². The quantitative estimate of drug-likeness (QED) is 0.599. The molecule has 2 fully saturated rings. The molecule has 1 aromatic rings. The van der Waals surface area contributed by atoms with Crippen molar-refractivity contribution in [1.82, 2.24) is 15.5 Å². The van der Waals surface area contributed by atoms with Crippen molar-refractivity contribution in [3.8, 4) is 0 Å². The number of carbonyl (C=O) groups is 4. The zero-order chi connectivity index (χ0) is 22.5. The number of piperidine rings is 1. The molecule has 3 heterocycles. The molecule has 31 heavy (non-hydrogen) atoms. The van der Waals surface area contributed by atoms with Gasteiger partial charge in [-0.15, -0.1) is 0 Å². The third-order valence-corrected chi connectivity index (χ3v) is 5.54. The first kappa shape index (κ1) is 21.1. The molecular formula is C21H26N4O6. The molecule has 4 amide bonds. The lowest BCUT2D eigenvalue weighted by molar-refractivity contribution is -0.129. The third kappa shape index (κ3) is 3.95. The Morgan fingerprint density at radius 2 is 1.90 bits per heavy atom. The molecule has 10 heteroatoms. The molecule has 0 aromatic heterocycles. The van der Waals surface area contributed by atoms with Crippen LogP contribution in [0.1, 0.15) is 54.3 Å². The standard InChI is InChI=1S/C21H26N4O6/c1-21(2,3)31-20(30)22-11-9-24(10-11)13-6-4-5-12-16(13)19(29)25(18(12)28)14-7-8-15(26)23-17(14)27/h4-6,11,14,17,27H,7-10H2,1-3H3,(H,22,30)(H,23,26). The van der Waals surface area contributed by atoms with Crippen LogP contribution in [0, 0.1) is 0 Å². The van der Waals surface area contributed by atoms with Gasteiger partial charge in [-0.2, -0.15) is 0 Å². The number of imide groups is 1. The van der Waals surface area contributed by atoms with Gasteiger partial charge >= 0.3 is 6.09 Å². The number of benzene rings is 1. The highest BCUT2D eigenvalue weighted by molar-refractivity contribution is 6.24. The summed E-state index contributed by atoms with van der Waals surface area (Å²) in [5.74, 6) is -1.28. The van der Waals surface area contributed by atoms with Gasteiger partial charge in [0.25, 0.3) is 11.8 Å². The van der Waals surface area contributed by atoms with Crippen molar-refractivity contribution in [2.45, 2.75) is 57.5 Å². The summed E-state index contributed by atoms with van der Waals surface area (Å²) in [4.78, 5) is 52.5. The average Bonchev–Trinajstić information content (AvgIpc) is 2.88. The summed E-state index contributed by atoms with van der Waals surface area (Å²) < 4.78 is 5.26. The lowest BCUT2D eigenvalue weighted by Gasteiger charge is -2.42. The van der Waals surface area contributed by atoms with Crippen LogP contribution in [-0.4, -0.2) is 70.8 Å². The molecule has 0 aliphatic carbocycles. The predicted octanol–water partition coefficient (Wildman–Crippen LogP) is 0.593. The van der Waals surface area contributed by atoms with Crippen molar-refractivity contribution in [2.75, 3.05) is 18.0 Å². The highest BCUT2D eigenvalue weighted by Gasteiger charge is 2.46. The number of alkyl carbamates (subject to hydrolysis) is 1. The van der Waals surface area contributed by atoms with E-state index in [-0.39, 0.29) is 35.9 Å². The van der Waals surface area contributed by atoms with Gasteiger partial charge in [0.05, 0.1) is 28.9 Å². The summed E-state index contributed by atoms with van der Waals surface area (Å²) in [7, 11) is 0. The number of amides is 4. The van der Waals surface area contributed by atoms with E-state index < -0.39 is 35.8 Å². The van der Waals surface area contributed by atoms with Gasteiger partial charge in [0.2, 0.25) is 5.91 Å². The molecule has 2 atom stereocenters. The van der Waals surface area contributed by atoms with E-state index in [1.807, 2.05) is 4.90 Å². The fourth-order valence-electron chi connectivity index (χ4n) is 4.13. The summed E-state index contributed by atoms with van der Waals surface area (Å²) in [6.45, 7) is 6.31. The van der Waals surface area contributed by atoms with Crippen LogP contribution >= 0.6 is 0 Å². The first-order valence-corrected chi connectivity index (χ1v) is 10.3. The van der Waals surface area contributed by atoms with E-state index in [1.165, 1.54) is 0 Å². The largest absolute Gasteiger partial charge is 0.444 e. The summed E-state index contributed by atoms with van der Waals surface area (Å²) in [5.41, 5.74) is 0.574. The Kier molecular flexibility index (Phi) is 5.12. The number of hydrogen-bond acceptors (Lipinski definition) is 7. The zero-order valence-electron chi connectivity index (χ0n) is 17.7. The van der Waals surface area contributed by atoms with E-state index >= 15 is 0 Å². The van der Waals surface area contributed by atoms with Crippen LogP contribution in [0.25, 0.3) is 0 Å². The molecule has 10 nitrogen and oxygen atoms in total. The molecule has 0 spiro atoms. The molecule has 0 bridgehead atoms. The summed E-state index contributed by atoms with van der Waals surface area (Å²) in [6.07, 6.45) is -1.45. The van der Waals surface area contributed by atoms with Gasteiger partial charge in [0.15, 0.2) is 0 Å². The summed E-state index contributed by atoms with van der Waals surface area (Å²) in [5, 5.41) is 15.4. The molecule has 0 radical (unpaired) electrons. The Labute approximate surface area is 179 Å². The molecule has 1 aromatic carbocycles. The number of carbonyl (C=O) groups excluding carboxylic acids is 4. The van der Waals surface area contributed by atoms with E-state index in [4.69, 9.17) is 4.74 Å². The van der Waals surface area contributed by atoms with Crippen molar-refractivity contribution in [1.29, 1.82) is 0 Å². The average molecular weight is 430 g/mol. The maximum absolute atomic E-state index is 13.2. The lowest BCUT2D eigenvalue weighted by Crippen LogP contribution is -2.60.